The van der Waals surface area contributed by atoms with Gasteiger partial charge in [-0.05, 0) is 24.5 Å². The quantitative estimate of drug-likeness (QED) is 0.134. The summed E-state index contributed by atoms with van der Waals surface area (Å²) in [6, 6.07) is 3.43. The Balaban J connectivity index is 2.12. The van der Waals surface area contributed by atoms with Crippen LogP contribution in [0, 0.1) is 0 Å². The fourth-order valence-electron chi connectivity index (χ4n) is 3.50. The molecule has 1 heterocycles. The minimum absolute atomic E-state index is 0.0180. The normalized spacial score (nSPS) is 13.2. The molecule has 0 saturated carbocycles. The van der Waals surface area contributed by atoms with Gasteiger partial charge in [0.25, 0.3) is 0 Å². The first-order valence-electron chi connectivity index (χ1n) is 11.4. The first-order chi connectivity index (χ1) is 17.5. The zero-order chi connectivity index (χ0) is 27.5. The molecule has 37 heavy (non-hydrogen) atoms. The number of carbonyl (C=O) groups is 6. The van der Waals surface area contributed by atoms with Crippen LogP contribution in [-0.4, -0.2) is 75.4 Å². The number of aromatic nitrogens is 1. The van der Waals surface area contributed by atoms with Crippen molar-refractivity contribution in [1.82, 2.24) is 20.9 Å². The van der Waals surface area contributed by atoms with Gasteiger partial charge in [0, 0.05) is 36.4 Å². The number of nitrogens with two attached hydrogens (primary N) is 2. The van der Waals surface area contributed by atoms with Gasteiger partial charge in [0.05, 0.1) is 12.6 Å². The average Bonchev–Trinajstić information content (AvgIpc) is 3.25. The molecule has 3 atom stereocenters. The van der Waals surface area contributed by atoms with Crippen molar-refractivity contribution in [1.29, 1.82) is 0 Å². The lowest BCUT2D eigenvalue weighted by atomic mass is 10.0. The van der Waals surface area contributed by atoms with Crippen LogP contribution in [0.4, 0.5) is 0 Å². The molecule has 3 unspecified atom stereocenters. The van der Waals surface area contributed by atoms with Crippen LogP contribution in [-0.2, 0) is 35.2 Å². The largest absolute Gasteiger partial charge is 0.481 e. The highest BCUT2D eigenvalue weighted by Gasteiger charge is 2.28. The second-order valence-electron chi connectivity index (χ2n) is 8.34. The molecule has 14 heteroatoms. The molecule has 1 aromatic carbocycles. The second-order valence-corrected chi connectivity index (χ2v) is 8.34. The highest BCUT2D eigenvalue weighted by Crippen LogP contribution is 2.19. The third kappa shape index (κ3) is 9.25. The Morgan fingerprint density at radius 2 is 1.62 bits per heavy atom. The van der Waals surface area contributed by atoms with Crippen molar-refractivity contribution in [2.45, 2.75) is 50.2 Å². The number of H-pyrrole nitrogens is 1. The summed E-state index contributed by atoms with van der Waals surface area (Å²) in [6.07, 6.45) is 0.668. The zero-order valence-electron chi connectivity index (χ0n) is 19.9. The lowest BCUT2D eigenvalue weighted by Crippen LogP contribution is -2.54. The van der Waals surface area contributed by atoms with Crippen LogP contribution in [0.5, 0.6) is 0 Å². The number of aromatic amines is 1. The highest BCUT2D eigenvalue weighted by atomic mass is 16.4. The molecule has 2 aromatic rings. The van der Waals surface area contributed by atoms with E-state index in [4.69, 9.17) is 16.6 Å². The van der Waals surface area contributed by atoms with Crippen molar-refractivity contribution in [2.75, 3.05) is 6.54 Å². The Labute approximate surface area is 211 Å². The summed E-state index contributed by atoms with van der Waals surface area (Å²) in [5.74, 6) is -5.56. The number of benzene rings is 1. The molecule has 0 bridgehead atoms. The topological polar surface area (TPSA) is 247 Å². The molecule has 0 aliphatic carbocycles. The Hall–Kier alpha value is -4.46. The molecule has 0 aliphatic rings. The number of carboxylic acids is 2. The summed E-state index contributed by atoms with van der Waals surface area (Å²) in [6.45, 7) is -0.554. The standard InChI is InChI=1S/C23H30N6O8/c24-14(5-8-20(32)33)21(34)27-11-19(31)28-17(9-12-10-26-15-4-2-1-3-13(12)15)22(35)29-16(23(36)37)6-7-18(25)30/h1-4,10,14,16-17,26H,5-9,11,24H2,(H2,25,30)(H,27,34)(H,28,31)(H,29,35)(H,32,33)(H,36,37). The molecule has 4 amide bonds. The van der Waals surface area contributed by atoms with E-state index in [1.165, 1.54) is 0 Å². The van der Waals surface area contributed by atoms with Gasteiger partial charge in [0.15, 0.2) is 0 Å². The van der Waals surface area contributed by atoms with E-state index in [1.807, 2.05) is 18.2 Å². The molecule has 2 rings (SSSR count). The number of nitrogens with one attached hydrogen (secondary N) is 4. The van der Waals surface area contributed by atoms with Gasteiger partial charge in [-0.2, -0.15) is 0 Å². The van der Waals surface area contributed by atoms with E-state index in [2.05, 4.69) is 20.9 Å². The zero-order valence-corrected chi connectivity index (χ0v) is 19.9. The Morgan fingerprint density at radius 1 is 0.919 bits per heavy atom. The van der Waals surface area contributed by atoms with Crippen LogP contribution in [0.3, 0.4) is 0 Å². The Morgan fingerprint density at radius 3 is 2.27 bits per heavy atom. The molecule has 14 nitrogen and oxygen atoms in total. The number of primary amides is 1. The minimum Gasteiger partial charge on any atom is -0.481 e. The number of aliphatic carboxylic acids is 2. The van der Waals surface area contributed by atoms with Crippen molar-refractivity contribution in [3.05, 3.63) is 36.0 Å². The van der Waals surface area contributed by atoms with Crippen LogP contribution in [0.25, 0.3) is 10.9 Å². The molecule has 0 radical (unpaired) electrons. The maximum absolute atomic E-state index is 13.0. The van der Waals surface area contributed by atoms with E-state index in [1.54, 1.807) is 12.3 Å². The monoisotopic (exact) mass is 518 g/mol. The molecule has 0 saturated heterocycles. The van der Waals surface area contributed by atoms with Crippen molar-refractivity contribution < 1.29 is 39.0 Å². The SMILES string of the molecule is NC(=O)CCC(NC(=O)C(Cc1c[nH]c2ccccc12)NC(=O)CNC(=O)C(N)CCC(=O)O)C(=O)O. The van der Waals surface area contributed by atoms with Gasteiger partial charge in [-0.3, -0.25) is 24.0 Å². The van der Waals surface area contributed by atoms with Crippen LogP contribution in [0.15, 0.2) is 30.5 Å². The van der Waals surface area contributed by atoms with E-state index in [0.717, 1.165) is 10.9 Å². The van der Waals surface area contributed by atoms with E-state index in [-0.39, 0.29) is 32.1 Å². The Kier molecular flexibility index (Phi) is 10.6. The smallest absolute Gasteiger partial charge is 0.326 e. The maximum atomic E-state index is 13.0. The van der Waals surface area contributed by atoms with E-state index < -0.39 is 60.2 Å². The highest BCUT2D eigenvalue weighted by molar-refractivity contribution is 5.93. The average molecular weight is 519 g/mol. The minimum atomic E-state index is -1.42. The van der Waals surface area contributed by atoms with Crippen LogP contribution >= 0.6 is 0 Å². The summed E-state index contributed by atoms with van der Waals surface area (Å²) < 4.78 is 0. The Bertz CT molecular complexity index is 1160. The predicted octanol–water partition coefficient (Wildman–Crippen LogP) is -1.66. The van der Waals surface area contributed by atoms with E-state index in [9.17, 15) is 33.9 Å². The van der Waals surface area contributed by atoms with Crippen LogP contribution < -0.4 is 27.4 Å². The van der Waals surface area contributed by atoms with Crippen molar-refractivity contribution in [3.8, 4) is 0 Å². The van der Waals surface area contributed by atoms with Gasteiger partial charge in [0.2, 0.25) is 23.6 Å². The molecule has 0 fully saturated rings. The fourth-order valence-corrected chi connectivity index (χ4v) is 3.50. The number of fused-ring (bicyclic) bond motifs is 1. The van der Waals surface area contributed by atoms with Crippen molar-refractivity contribution in [2.24, 2.45) is 11.5 Å². The number of carboxylic acid groups (broad SMARTS) is 2. The van der Waals surface area contributed by atoms with Crippen LogP contribution in [0.2, 0.25) is 0 Å². The number of carbonyl (C=O) groups excluding carboxylic acids is 4. The first-order valence-corrected chi connectivity index (χ1v) is 11.4. The lowest BCUT2D eigenvalue weighted by molar-refractivity contribution is -0.142. The summed E-state index contributed by atoms with van der Waals surface area (Å²) in [5, 5.41) is 26.0. The predicted molar refractivity (Wildman–Crippen MR) is 130 cm³/mol. The molecule has 200 valence electrons. The molecule has 1 aromatic heterocycles. The van der Waals surface area contributed by atoms with Gasteiger partial charge in [-0.1, -0.05) is 18.2 Å². The number of hydrogen-bond donors (Lipinski definition) is 8. The molecular formula is C23H30N6O8. The van der Waals surface area contributed by atoms with Gasteiger partial charge in [-0.15, -0.1) is 0 Å². The van der Waals surface area contributed by atoms with Gasteiger partial charge < -0.3 is 42.6 Å². The summed E-state index contributed by atoms with van der Waals surface area (Å²) in [4.78, 5) is 73.9. The van der Waals surface area contributed by atoms with Crippen molar-refractivity contribution in [3.63, 3.8) is 0 Å². The molecule has 0 spiro atoms. The van der Waals surface area contributed by atoms with Gasteiger partial charge >= 0.3 is 11.9 Å². The number of hydrogen-bond acceptors (Lipinski definition) is 7. The van der Waals surface area contributed by atoms with Gasteiger partial charge in [-0.25, -0.2) is 4.79 Å². The maximum Gasteiger partial charge on any atom is 0.326 e. The third-order valence-corrected chi connectivity index (χ3v) is 5.47. The fraction of sp³-hybridized carbons (Fsp3) is 0.391. The second kappa shape index (κ2) is 13.6. The van der Waals surface area contributed by atoms with E-state index >= 15 is 0 Å². The molecule has 10 N–H and O–H groups in total. The molecule has 0 aliphatic heterocycles. The number of para-hydroxylation sites is 1. The number of rotatable bonds is 15. The van der Waals surface area contributed by atoms with Gasteiger partial charge in [0.1, 0.15) is 12.1 Å². The summed E-state index contributed by atoms with van der Waals surface area (Å²) in [7, 11) is 0. The van der Waals surface area contributed by atoms with E-state index in [0.29, 0.717) is 5.56 Å². The van der Waals surface area contributed by atoms with Crippen molar-refractivity contribution >= 4 is 46.5 Å². The summed E-state index contributed by atoms with van der Waals surface area (Å²) >= 11 is 0. The van der Waals surface area contributed by atoms with Crippen LogP contribution in [0.1, 0.15) is 31.2 Å². The number of amides is 4. The molecular weight excluding hydrogens is 488 g/mol. The summed E-state index contributed by atoms with van der Waals surface area (Å²) in [5.41, 5.74) is 12.1. The third-order valence-electron chi connectivity index (χ3n) is 5.47. The first kappa shape index (κ1) is 28.8. The lowest BCUT2D eigenvalue weighted by Gasteiger charge is -2.21.